The van der Waals surface area contributed by atoms with Crippen molar-refractivity contribution >= 4 is 0 Å². The minimum absolute atomic E-state index is 0.0972. The second kappa shape index (κ2) is 4.49. The maximum atomic E-state index is 10.4. The van der Waals surface area contributed by atoms with Crippen LogP contribution in [0, 0.1) is 17.3 Å². The third-order valence-electron chi connectivity index (χ3n) is 7.01. The lowest BCUT2D eigenvalue weighted by molar-refractivity contribution is -0.0245. The third-order valence-corrected chi connectivity index (χ3v) is 7.01. The first-order chi connectivity index (χ1) is 10.0. The van der Waals surface area contributed by atoms with E-state index in [0.717, 1.165) is 12.8 Å². The second-order valence-electron chi connectivity index (χ2n) is 7.96. The van der Waals surface area contributed by atoms with Crippen LogP contribution in [-0.2, 0) is 0 Å². The van der Waals surface area contributed by atoms with Crippen molar-refractivity contribution in [2.45, 2.75) is 63.9 Å². The lowest BCUT2D eigenvalue weighted by atomic mass is 9.54. The molecule has 0 amide bonds. The molecule has 2 fully saturated rings. The fraction of sp³-hybridized carbons (Fsp3) is 0.684. The average molecular weight is 286 g/mol. The zero-order valence-corrected chi connectivity index (χ0v) is 13.0. The minimum Gasteiger partial charge on any atom is -0.508 e. The number of benzene rings is 1. The lowest BCUT2D eigenvalue weighted by Crippen LogP contribution is -2.44. The predicted molar refractivity (Wildman–Crippen MR) is 83.4 cm³/mol. The third kappa shape index (κ3) is 1.81. The van der Waals surface area contributed by atoms with Gasteiger partial charge >= 0.3 is 0 Å². The number of phenolic OH excluding ortho intramolecular Hbond substituents is 1. The Balaban J connectivity index is 1.75. The molecule has 1 aromatic carbocycles. The Bertz CT molecular complexity index is 567. The summed E-state index contributed by atoms with van der Waals surface area (Å²) in [5.41, 5.74) is 2.98. The molecule has 0 saturated heterocycles. The van der Waals surface area contributed by atoms with E-state index >= 15 is 0 Å². The quantitative estimate of drug-likeness (QED) is 0.751. The van der Waals surface area contributed by atoms with Crippen molar-refractivity contribution in [3.8, 4) is 5.75 Å². The molecule has 0 heterocycles. The predicted octanol–water partition coefficient (Wildman–Crippen LogP) is 4.17. The molecular formula is C19H26O2. The van der Waals surface area contributed by atoms with Crippen molar-refractivity contribution in [2.24, 2.45) is 17.3 Å². The van der Waals surface area contributed by atoms with E-state index in [-0.39, 0.29) is 11.5 Å². The van der Waals surface area contributed by atoms with Gasteiger partial charge in [-0.15, -0.1) is 0 Å². The van der Waals surface area contributed by atoms with Gasteiger partial charge in [0.05, 0.1) is 6.10 Å². The summed E-state index contributed by atoms with van der Waals surface area (Å²) in [5, 5.41) is 20.2. The van der Waals surface area contributed by atoms with Gasteiger partial charge in [0.2, 0.25) is 0 Å². The Kier molecular flexibility index (Phi) is 2.91. The average Bonchev–Trinajstić information content (AvgIpc) is 2.76. The summed E-state index contributed by atoms with van der Waals surface area (Å²) in [4.78, 5) is 0. The molecule has 0 spiro atoms. The molecule has 0 bridgehead atoms. The zero-order chi connectivity index (χ0) is 14.8. The standard InChI is InChI=1S/C19H26O2/c1-11-9-16-14(13-4-3-12(20)10-15(11)13)7-8-19(2)17(16)5-6-18(19)21/h3-4,10-11,14,16-18,20-21H,5-9H2,1-2H3/t11-,14+,16+,17-,18-,19-/m0/s1. The number of aromatic hydroxyl groups is 1. The molecule has 0 aliphatic heterocycles. The molecule has 21 heavy (non-hydrogen) atoms. The Morgan fingerprint density at radius 1 is 1.14 bits per heavy atom. The largest absolute Gasteiger partial charge is 0.508 e. The summed E-state index contributed by atoms with van der Waals surface area (Å²) in [6.45, 7) is 4.62. The van der Waals surface area contributed by atoms with Crippen molar-refractivity contribution in [1.82, 2.24) is 0 Å². The highest BCUT2D eigenvalue weighted by atomic mass is 16.3. The number of aliphatic hydroxyl groups is 1. The van der Waals surface area contributed by atoms with Crippen molar-refractivity contribution < 1.29 is 10.2 Å². The molecule has 2 nitrogen and oxygen atoms in total. The first-order valence-corrected chi connectivity index (χ1v) is 8.51. The molecule has 4 rings (SSSR count). The maximum Gasteiger partial charge on any atom is 0.115 e. The summed E-state index contributed by atoms with van der Waals surface area (Å²) >= 11 is 0. The SMILES string of the molecule is C[C@H]1C[C@@H]2[C@H](CC[C@]3(C)[C@@H](O)CC[C@@H]23)c2ccc(O)cc21. The highest BCUT2D eigenvalue weighted by Crippen LogP contribution is 2.62. The summed E-state index contributed by atoms with van der Waals surface area (Å²) in [7, 11) is 0. The topological polar surface area (TPSA) is 40.5 Å². The van der Waals surface area contributed by atoms with Crippen LogP contribution in [0.3, 0.4) is 0 Å². The van der Waals surface area contributed by atoms with Gasteiger partial charge in [-0.25, -0.2) is 0 Å². The van der Waals surface area contributed by atoms with Crippen molar-refractivity contribution in [1.29, 1.82) is 0 Å². The fourth-order valence-corrected chi connectivity index (χ4v) is 5.84. The van der Waals surface area contributed by atoms with Gasteiger partial charge < -0.3 is 10.2 Å². The van der Waals surface area contributed by atoms with Gasteiger partial charge in [0, 0.05) is 0 Å². The second-order valence-corrected chi connectivity index (χ2v) is 7.96. The Hall–Kier alpha value is -1.02. The molecule has 1 aromatic rings. The van der Waals surface area contributed by atoms with E-state index in [2.05, 4.69) is 19.9 Å². The van der Waals surface area contributed by atoms with Gasteiger partial charge in [-0.05, 0) is 84.5 Å². The Labute approximate surface area is 127 Å². The Morgan fingerprint density at radius 2 is 1.95 bits per heavy atom. The van der Waals surface area contributed by atoms with Crippen molar-refractivity contribution in [2.75, 3.05) is 0 Å². The van der Waals surface area contributed by atoms with Crippen LogP contribution in [0.25, 0.3) is 0 Å². The van der Waals surface area contributed by atoms with E-state index in [1.807, 2.05) is 12.1 Å². The van der Waals surface area contributed by atoms with Gasteiger partial charge in [-0.2, -0.15) is 0 Å². The molecule has 3 aliphatic carbocycles. The number of hydrogen-bond donors (Lipinski definition) is 2. The van der Waals surface area contributed by atoms with Gasteiger partial charge in [0.1, 0.15) is 5.75 Å². The first kappa shape index (κ1) is 13.6. The highest BCUT2D eigenvalue weighted by molar-refractivity contribution is 5.42. The Morgan fingerprint density at radius 3 is 2.76 bits per heavy atom. The monoisotopic (exact) mass is 286 g/mol. The van der Waals surface area contributed by atoms with Crippen LogP contribution in [0.15, 0.2) is 18.2 Å². The fourth-order valence-electron chi connectivity index (χ4n) is 5.84. The molecule has 6 atom stereocenters. The lowest BCUT2D eigenvalue weighted by Gasteiger charge is -2.51. The van der Waals surface area contributed by atoms with E-state index in [4.69, 9.17) is 0 Å². The summed E-state index contributed by atoms with van der Waals surface area (Å²) < 4.78 is 0. The van der Waals surface area contributed by atoms with Crippen LogP contribution < -0.4 is 0 Å². The molecule has 0 radical (unpaired) electrons. The van der Waals surface area contributed by atoms with Gasteiger partial charge in [-0.1, -0.05) is 19.9 Å². The molecule has 0 aromatic heterocycles. The van der Waals surface area contributed by atoms with Gasteiger partial charge in [-0.3, -0.25) is 0 Å². The van der Waals surface area contributed by atoms with E-state index < -0.39 is 0 Å². The molecular weight excluding hydrogens is 260 g/mol. The van der Waals surface area contributed by atoms with Crippen LogP contribution in [0.5, 0.6) is 5.75 Å². The molecule has 0 unspecified atom stereocenters. The smallest absolute Gasteiger partial charge is 0.115 e. The maximum absolute atomic E-state index is 10.4. The molecule has 2 N–H and O–H groups in total. The normalized spacial score (nSPS) is 44.8. The summed E-state index contributed by atoms with van der Waals surface area (Å²) in [6, 6.07) is 5.99. The summed E-state index contributed by atoms with van der Waals surface area (Å²) in [5.74, 6) is 2.95. The summed E-state index contributed by atoms with van der Waals surface area (Å²) in [6.07, 6.45) is 5.64. The van der Waals surface area contributed by atoms with Gasteiger partial charge in [0.25, 0.3) is 0 Å². The zero-order valence-electron chi connectivity index (χ0n) is 13.0. The van der Waals surface area contributed by atoms with E-state index in [1.165, 1.54) is 30.4 Å². The van der Waals surface area contributed by atoms with Crippen molar-refractivity contribution in [3.05, 3.63) is 29.3 Å². The number of aliphatic hydroxyl groups excluding tert-OH is 1. The van der Waals surface area contributed by atoms with E-state index in [0.29, 0.717) is 29.4 Å². The molecule has 3 aliphatic rings. The first-order valence-electron chi connectivity index (χ1n) is 8.51. The van der Waals surface area contributed by atoms with Crippen molar-refractivity contribution in [3.63, 3.8) is 0 Å². The molecule has 114 valence electrons. The van der Waals surface area contributed by atoms with E-state index in [1.54, 1.807) is 0 Å². The van der Waals surface area contributed by atoms with Crippen LogP contribution in [0.1, 0.15) is 68.9 Å². The minimum atomic E-state index is -0.0972. The van der Waals surface area contributed by atoms with Crippen LogP contribution in [0.4, 0.5) is 0 Å². The number of rotatable bonds is 0. The van der Waals surface area contributed by atoms with Crippen LogP contribution in [0.2, 0.25) is 0 Å². The van der Waals surface area contributed by atoms with E-state index in [9.17, 15) is 10.2 Å². The number of fused-ring (bicyclic) bond motifs is 5. The number of hydrogen-bond acceptors (Lipinski definition) is 2. The van der Waals surface area contributed by atoms with Gasteiger partial charge in [0.15, 0.2) is 0 Å². The highest BCUT2D eigenvalue weighted by Gasteiger charge is 2.54. The van der Waals surface area contributed by atoms with Crippen LogP contribution in [-0.4, -0.2) is 16.3 Å². The molecule has 2 saturated carbocycles. The van der Waals surface area contributed by atoms with Crippen LogP contribution >= 0.6 is 0 Å². The number of phenols is 1. The molecule has 2 heteroatoms.